The molecule has 0 saturated heterocycles. The van der Waals surface area contributed by atoms with E-state index in [4.69, 9.17) is 9.32 Å². The van der Waals surface area contributed by atoms with Gasteiger partial charge in [-0.25, -0.2) is 15.1 Å². The molecule has 0 radical (unpaired) electrons. The summed E-state index contributed by atoms with van der Waals surface area (Å²) in [5.41, 5.74) is 3.47. The van der Waals surface area contributed by atoms with Crippen LogP contribution in [0.3, 0.4) is 0 Å². The Bertz CT molecular complexity index is 1210. The van der Waals surface area contributed by atoms with Gasteiger partial charge in [0.15, 0.2) is 0 Å². The molecule has 5 rings (SSSR count). The van der Waals surface area contributed by atoms with Gasteiger partial charge in [-0.3, -0.25) is 4.18 Å². The first-order chi connectivity index (χ1) is 14.9. The maximum absolute atomic E-state index is 11.1. The molecule has 2 aliphatic rings. The van der Waals surface area contributed by atoms with Crippen LogP contribution in [0.25, 0.3) is 11.0 Å². The second-order valence-corrected chi connectivity index (χ2v) is 9.57. The third-order valence-corrected chi connectivity index (χ3v) is 6.89. The highest BCUT2D eigenvalue weighted by atomic mass is 32.2. The number of benzene rings is 1. The Morgan fingerprint density at radius 2 is 2.06 bits per heavy atom. The molecule has 1 fully saturated rings. The van der Waals surface area contributed by atoms with Crippen LogP contribution in [0.15, 0.2) is 42.9 Å². The third kappa shape index (κ3) is 4.03. The lowest BCUT2D eigenvalue weighted by molar-refractivity contribution is 0.100. The van der Waals surface area contributed by atoms with Crippen LogP contribution in [0, 0.1) is 5.92 Å². The number of nitrogens with zero attached hydrogens (tertiary/aromatic N) is 3. The van der Waals surface area contributed by atoms with Crippen LogP contribution in [-0.4, -0.2) is 40.8 Å². The topological polar surface area (TPSA) is 132 Å². The Balaban J connectivity index is 1.37. The van der Waals surface area contributed by atoms with Gasteiger partial charge in [0, 0.05) is 18.2 Å². The molecule has 1 saturated carbocycles. The van der Waals surface area contributed by atoms with E-state index in [0.29, 0.717) is 12.8 Å². The molecule has 2 aliphatic carbocycles. The molecular weight excluding hydrogens is 418 g/mol. The highest BCUT2D eigenvalue weighted by Gasteiger charge is 2.35. The van der Waals surface area contributed by atoms with E-state index in [2.05, 4.69) is 39.6 Å². The van der Waals surface area contributed by atoms with Crippen molar-refractivity contribution in [2.45, 2.75) is 43.9 Å². The summed E-state index contributed by atoms with van der Waals surface area (Å²) in [5, 5.41) is 19.8. The fourth-order valence-electron chi connectivity index (χ4n) is 4.92. The molecule has 0 spiro atoms. The largest absolute Gasteiger partial charge is 0.393 e. The predicted molar refractivity (Wildman–Crippen MR) is 115 cm³/mol. The van der Waals surface area contributed by atoms with Gasteiger partial charge in [-0.05, 0) is 42.9 Å². The normalized spacial score (nSPS) is 25.7. The van der Waals surface area contributed by atoms with E-state index in [0.717, 1.165) is 29.7 Å². The number of nitrogens with two attached hydrogens (primary N) is 1. The van der Waals surface area contributed by atoms with Gasteiger partial charge in [0.25, 0.3) is 0 Å². The number of nitrogens with one attached hydrogen (secondary N) is 1. The summed E-state index contributed by atoms with van der Waals surface area (Å²) in [4.78, 5) is 8.97. The molecule has 4 atom stereocenters. The second kappa shape index (κ2) is 7.86. The van der Waals surface area contributed by atoms with E-state index in [9.17, 15) is 13.5 Å². The molecule has 0 aliphatic heterocycles. The fraction of sp³-hybridized carbons (Fsp3) is 0.429. The van der Waals surface area contributed by atoms with E-state index in [1.807, 2.05) is 16.8 Å². The Labute approximate surface area is 180 Å². The predicted octanol–water partition coefficient (Wildman–Crippen LogP) is 2.06. The maximum Gasteiger partial charge on any atom is 0.333 e. The number of hydrogen-bond acceptors (Lipinski definition) is 7. The quantitative estimate of drug-likeness (QED) is 0.531. The van der Waals surface area contributed by atoms with Crippen LogP contribution in [0.2, 0.25) is 0 Å². The van der Waals surface area contributed by atoms with Crippen LogP contribution < -0.4 is 10.5 Å². The van der Waals surface area contributed by atoms with Crippen LogP contribution in [0.4, 0.5) is 5.82 Å². The summed E-state index contributed by atoms with van der Waals surface area (Å²) in [6.45, 7) is -0.126. The Kier molecular flexibility index (Phi) is 5.17. The van der Waals surface area contributed by atoms with Crippen LogP contribution in [0.1, 0.15) is 42.5 Å². The highest BCUT2D eigenvalue weighted by molar-refractivity contribution is 7.84. The van der Waals surface area contributed by atoms with Gasteiger partial charge >= 0.3 is 10.3 Å². The molecule has 10 heteroatoms. The first kappa shape index (κ1) is 20.4. The molecule has 1 aromatic carbocycles. The Morgan fingerprint density at radius 3 is 2.90 bits per heavy atom. The summed E-state index contributed by atoms with van der Waals surface area (Å²) in [5.74, 6) is 0.480. The molecule has 2 aromatic heterocycles. The number of fused-ring (bicyclic) bond motifs is 2. The minimum Gasteiger partial charge on any atom is -0.393 e. The summed E-state index contributed by atoms with van der Waals surface area (Å²) < 4.78 is 28.9. The molecule has 4 N–H and O–H groups in total. The summed E-state index contributed by atoms with van der Waals surface area (Å²) in [7, 11) is -4.03. The molecule has 1 unspecified atom stereocenters. The van der Waals surface area contributed by atoms with Crippen molar-refractivity contribution in [1.82, 2.24) is 14.5 Å². The SMILES string of the molecule is NS(=O)(=O)OC[C@@H]1C[C@@H](n2ccc3c(NC4CCc5ccccc54)ncnc32)C[C@H]1O. The molecule has 0 bridgehead atoms. The van der Waals surface area contributed by atoms with Crippen LogP contribution in [0.5, 0.6) is 0 Å². The van der Waals surface area contributed by atoms with Crippen molar-refractivity contribution in [1.29, 1.82) is 0 Å². The first-order valence-electron chi connectivity index (χ1n) is 10.4. The van der Waals surface area contributed by atoms with E-state index in [1.54, 1.807) is 6.33 Å². The van der Waals surface area contributed by atoms with Gasteiger partial charge in [-0.1, -0.05) is 24.3 Å². The number of hydrogen-bond donors (Lipinski definition) is 3. The Morgan fingerprint density at radius 1 is 1.23 bits per heavy atom. The summed E-state index contributed by atoms with van der Waals surface area (Å²) >= 11 is 0. The molecule has 164 valence electrons. The minimum absolute atomic E-state index is 0.0171. The van der Waals surface area contributed by atoms with Crippen molar-refractivity contribution in [3.8, 4) is 0 Å². The molecule has 0 amide bonds. The zero-order valence-corrected chi connectivity index (χ0v) is 17.7. The second-order valence-electron chi connectivity index (χ2n) is 8.35. The van der Waals surface area contributed by atoms with Gasteiger partial charge in [0.2, 0.25) is 0 Å². The Hall–Kier alpha value is -2.53. The first-order valence-corrected chi connectivity index (χ1v) is 11.9. The lowest BCUT2D eigenvalue weighted by Gasteiger charge is -2.16. The van der Waals surface area contributed by atoms with Crippen LogP contribution in [-0.2, 0) is 20.9 Å². The number of aliphatic hydroxyl groups excluding tert-OH is 1. The molecule has 31 heavy (non-hydrogen) atoms. The van der Waals surface area contributed by atoms with E-state index in [1.165, 1.54) is 11.1 Å². The number of aliphatic hydroxyl groups is 1. The van der Waals surface area contributed by atoms with Crippen molar-refractivity contribution >= 4 is 27.2 Å². The zero-order chi connectivity index (χ0) is 21.6. The van der Waals surface area contributed by atoms with Crippen LogP contribution >= 0.6 is 0 Å². The van der Waals surface area contributed by atoms with Gasteiger partial charge in [-0.2, -0.15) is 8.42 Å². The molecule has 9 nitrogen and oxygen atoms in total. The fourth-order valence-corrected chi connectivity index (χ4v) is 5.28. The standard InChI is InChI=1S/C21H25N5O4S/c22-31(28,29)30-11-14-9-15(10-19(14)27)26-8-7-17-20(23-12-24-21(17)26)25-18-6-5-13-3-1-2-4-16(13)18/h1-4,7-8,12,14-15,18-19,27H,5-6,9-11H2,(H2,22,28,29)(H,23,24,25)/t14-,15+,18?,19+/m0/s1. The summed E-state index contributed by atoms with van der Waals surface area (Å²) in [6.07, 6.45) is 5.96. The van der Waals surface area contributed by atoms with E-state index < -0.39 is 16.4 Å². The van der Waals surface area contributed by atoms with Crippen molar-refractivity contribution in [3.63, 3.8) is 0 Å². The van der Waals surface area contributed by atoms with Gasteiger partial charge < -0.3 is 15.0 Å². The third-order valence-electron chi connectivity index (χ3n) is 6.43. The number of aromatic nitrogens is 3. The van der Waals surface area contributed by atoms with Gasteiger partial charge in [0.05, 0.1) is 24.1 Å². The van der Waals surface area contributed by atoms with Crippen molar-refractivity contribution < 1.29 is 17.7 Å². The zero-order valence-electron chi connectivity index (χ0n) is 16.9. The van der Waals surface area contributed by atoms with Gasteiger partial charge in [0.1, 0.15) is 17.8 Å². The molecular formula is C21H25N5O4S. The van der Waals surface area contributed by atoms with Crippen molar-refractivity contribution in [3.05, 3.63) is 54.0 Å². The number of anilines is 1. The van der Waals surface area contributed by atoms with Crippen molar-refractivity contribution in [2.75, 3.05) is 11.9 Å². The molecule has 2 heterocycles. The lowest BCUT2D eigenvalue weighted by Crippen LogP contribution is -2.24. The maximum atomic E-state index is 11.1. The number of aryl methyl sites for hydroxylation is 1. The number of rotatable bonds is 6. The highest BCUT2D eigenvalue weighted by Crippen LogP contribution is 2.39. The van der Waals surface area contributed by atoms with E-state index in [-0.39, 0.29) is 24.6 Å². The molecule has 3 aromatic rings. The average molecular weight is 444 g/mol. The van der Waals surface area contributed by atoms with Gasteiger partial charge in [-0.15, -0.1) is 0 Å². The average Bonchev–Trinajstić information content (AvgIpc) is 3.43. The monoisotopic (exact) mass is 443 g/mol. The summed E-state index contributed by atoms with van der Waals surface area (Å²) in [6, 6.07) is 10.6. The van der Waals surface area contributed by atoms with Crippen molar-refractivity contribution in [2.24, 2.45) is 11.1 Å². The smallest absolute Gasteiger partial charge is 0.333 e. The van der Waals surface area contributed by atoms with E-state index >= 15 is 0 Å². The lowest BCUT2D eigenvalue weighted by atomic mass is 10.1. The minimum atomic E-state index is -4.03.